The monoisotopic (exact) mass is 290 g/mol. The summed E-state index contributed by atoms with van der Waals surface area (Å²) in [5, 5.41) is 9.03. The van der Waals surface area contributed by atoms with Crippen LogP contribution in [0.15, 0.2) is 0 Å². The average molecular weight is 290 g/mol. The van der Waals surface area contributed by atoms with Crippen LogP contribution in [0, 0.1) is 13.8 Å². The Hall–Kier alpha value is -1.56. The molecule has 1 saturated carbocycles. The van der Waals surface area contributed by atoms with E-state index in [0.717, 1.165) is 35.6 Å². The highest BCUT2D eigenvalue weighted by Crippen LogP contribution is 2.35. The van der Waals surface area contributed by atoms with Gasteiger partial charge in [0.1, 0.15) is 5.69 Å². The number of carbonyl (C=O) groups is 1. The Morgan fingerprint density at radius 3 is 2.60 bits per heavy atom. The zero-order valence-corrected chi connectivity index (χ0v) is 12.6. The molecule has 0 atom stereocenters. The molecule has 0 radical (unpaired) electrons. The highest BCUT2D eigenvalue weighted by Gasteiger charge is 2.26. The third-order valence-electron chi connectivity index (χ3n) is 4.03. The minimum absolute atomic E-state index is 0.378. The molecule has 0 bridgehead atoms. The molecule has 0 saturated heterocycles. The van der Waals surface area contributed by atoms with Gasteiger partial charge in [0.25, 0.3) is 0 Å². The summed E-state index contributed by atoms with van der Waals surface area (Å²) in [5.41, 5.74) is 2.44. The number of aromatic nitrogens is 4. The van der Waals surface area contributed by atoms with Gasteiger partial charge in [-0.15, -0.1) is 5.10 Å². The van der Waals surface area contributed by atoms with Crippen LogP contribution in [-0.4, -0.2) is 26.3 Å². The van der Waals surface area contributed by atoms with Crippen LogP contribution in [0.1, 0.15) is 64.8 Å². The average Bonchev–Trinajstić information content (AvgIpc) is 3.04. The van der Waals surface area contributed by atoms with Crippen LogP contribution in [0.5, 0.6) is 0 Å². The maximum atomic E-state index is 11.3. The Bertz CT molecular complexity index is 606. The largest absolute Gasteiger partial charge is 0.296 e. The van der Waals surface area contributed by atoms with Gasteiger partial charge in [0.15, 0.2) is 6.29 Å². The van der Waals surface area contributed by atoms with Crippen LogP contribution in [0.3, 0.4) is 0 Å². The van der Waals surface area contributed by atoms with Gasteiger partial charge in [-0.05, 0) is 26.7 Å². The number of aldehydes is 1. The van der Waals surface area contributed by atoms with E-state index in [0.29, 0.717) is 11.6 Å². The topological polar surface area (TPSA) is 60.7 Å². The highest BCUT2D eigenvalue weighted by atomic mass is 32.1. The molecule has 2 aromatic rings. The van der Waals surface area contributed by atoms with Crippen molar-refractivity contribution < 1.29 is 4.79 Å². The zero-order valence-electron chi connectivity index (χ0n) is 11.8. The Balaban J connectivity index is 2.06. The molecule has 2 heterocycles. The number of hydrogen-bond donors (Lipinski definition) is 0. The smallest absolute Gasteiger partial charge is 0.212 e. The first-order chi connectivity index (χ1) is 9.70. The van der Waals surface area contributed by atoms with Gasteiger partial charge in [-0.3, -0.25) is 4.79 Å². The molecule has 5 nitrogen and oxygen atoms in total. The van der Waals surface area contributed by atoms with Crippen LogP contribution >= 0.6 is 11.3 Å². The molecule has 2 aromatic heterocycles. The Labute approximate surface area is 122 Å². The molecule has 0 unspecified atom stereocenters. The van der Waals surface area contributed by atoms with E-state index in [-0.39, 0.29) is 0 Å². The lowest BCUT2D eigenvalue weighted by Crippen LogP contribution is -2.12. The van der Waals surface area contributed by atoms with E-state index >= 15 is 0 Å². The van der Waals surface area contributed by atoms with Gasteiger partial charge < -0.3 is 0 Å². The molecular formula is C14H18N4OS. The predicted octanol–water partition coefficient (Wildman–Crippen LogP) is 3.20. The number of nitrogens with zero attached hydrogens (tertiary/aromatic N) is 4. The van der Waals surface area contributed by atoms with Crippen LogP contribution in [0.2, 0.25) is 0 Å². The standard InChI is InChI=1S/C14H18N4OS/c1-9-10(2)20-14(15-9)18-13(12(8-19)16-17-18)11-6-4-3-5-7-11/h8,11H,3-7H2,1-2H3. The van der Waals surface area contributed by atoms with E-state index in [1.807, 2.05) is 13.8 Å². The maximum Gasteiger partial charge on any atom is 0.212 e. The number of aryl methyl sites for hydroxylation is 2. The molecule has 1 aliphatic rings. The van der Waals surface area contributed by atoms with Crippen LogP contribution in [-0.2, 0) is 0 Å². The van der Waals surface area contributed by atoms with E-state index in [2.05, 4.69) is 15.3 Å². The molecule has 0 spiro atoms. The van der Waals surface area contributed by atoms with Crippen LogP contribution < -0.4 is 0 Å². The molecular weight excluding hydrogens is 272 g/mol. The number of thiazole rings is 1. The molecule has 20 heavy (non-hydrogen) atoms. The fourth-order valence-corrected chi connectivity index (χ4v) is 3.70. The molecule has 3 rings (SSSR count). The first-order valence-corrected chi connectivity index (χ1v) is 7.87. The lowest BCUT2D eigenvalue weighted by molar-refractivity contribution is 0.111. The van der Waals surface area contributed by atoms with E-state index < -0.39 is 0 Å². The van der Waals surface area contributed by atoms with Crippen molar-refractivity contribution in [3.8, 4) is 5.13 Å². The SMILES string of the molecule is Cc1nc(-n2nnc(C=O)c2C2CCCCC2)sc1C. The number of rotatable bonds is 3. The highest BCUT2D eigenvalue weighted by molar-refractivity contribution is 7.14. The van der Waals surface area contributed by atoms with Crippen molar-refractivity contribution in [2.75, 3.05) is 0 Å². The predicted molar refractivity (Wildman–Crippen MR) is 77.7 cm³/mol. The van der Waals surface area contributed by atoms with Crippen LogP contribution in [0.25, 0.3) is 5.13 Å². The molecule has 0 aromatic carbocycles. The fourth-order valence-electron chi connectivity index (χ4n) is 2.83. The molecule has 0 amide bonds. The summed E-state index contributed by atoms with van der Waals surface area (Å²) in [6, 6.07) is 0. The Morgan fingerprint density at radius 1 is 1.25 bits per heavy atom. The normalized spacial score (nSPS) is 16.5. The Kier molecular flexibility index (Phi) is 3.65. The molecule has 106 valence electrons. The van der Waals surface area contributed by atoms with Crippen molar-refractivity contribution in [3.63, 3.8) is 0 Å². The van der Waals surface area contributed by atoms with E-state index in [9.17, 15) is 4.79 Å². The fraction of sp³-hybridized carbons (Fsp3) is 0.571. The summed E-state index contributed by atoms with van der Waals surface area (Å²) in [6.07, 6.45) is 6.74. The van der Waals surface area contributed by atoms with E-state index in [1.54, 1.807) is 16.0 Å². The lowest BCUT2D eigenvalue weighted by atomic mass is 9.86. The van der Waals surface area contributed by atoms with Gasteiger partial charge in [0.2, 0.25) is 5.13 Å². The van der Waals surface area contributed by atoms with Crippen LogP contribution in [0.4, 0.5) is 0 Å². The van der Waals surface area contributed by atoms with E-state index in [4.69, 9.17) is 0 Å². The summed E-state index contributed by atoms with van der Waals surface area (Å²) in [4.78, 5) is 17.0. The second-order valence-corrected chi connectivity index (χ2v) is 6.54. The summed E-state index contributed by atoms with van der Waals surface area (Å²) in [5.74, 6) is 0.378. The van der Waals surface area contributed by atoms with Crippen molar-refractivity contribution in [2.24, 2.45) is 0 Å². The minimum Gasteiger partial charge on any atom is -0.296 e. The first-order valence-electron chi connectivity index (χ1n) is 7.06. The van der Waals surface area contributed by atoms with Crippen molar-refractivity contribution >= 4 is 17.6 Å². The third kappa shape index (κ3) is 2.28. The molecule has 0 aliphatic heterocycles. The van der Waals surface area contributed by atoms with Gasteiger partial charge in [-0.25, -0.2) is 4.98 Å². The number of hydrogen-bond acceptors (Lipinski definition) is 5. The molecule has 1 aliphatic carbocycles. The van der Waals surface area contributed by atoms with Gasteiger partial charge in [0.05, 0.1) is 11.4 Å². The van der Waals surface area contributed by atoms with Gasteiger partial charge >= 0.3 is 0 Å². The summed E-state index contributed by atoms with van der Waals surface area (Å²) in [7, 11) is 0. The van der Waals surface area contributed by atoms with Crippen molar-refractivity contribution in [1.82, 2.24) is 20.0 Å². The van der Waals surface area contributed by atoms with Crippen molar-refractivity contribution in [1.29, 1.82) is 0 Å². The Morgan fingerprint density at radius 2 is 2.00 bits per heavy atom. The van der Waals surface area contributed by atoms with Gasteiger partial charge in [-0.1, -0.05) is 35.8 Å². The maximum absolute atomic E-state index is 11.3. The summed E-state index contributed by atoms with van der Waals surface area (Å²) in [6.45, 7) is 4.04. The molecule has 0 N–H and O–H groups in total. The zero-order chi connectivity index (χ0) is 14.1. The van der Waals surface area contributed by atoms with Crippen molar-refractivity contribution in [2.45, 2.75) is 51.9 Å². The molecule has 6 heteroatoms. The van der Waals surface area contributed by atoms with Gasteiger partial charge in [0, 0.05) is 10.8 Å². The number of carbonyl (C=O) groups excluding carboxylic acids is 1. The minimum atomic E-state index is 0.378. The first kappa shape index (κ1) is 13.4. The third-order valence-corrected chi connectivity index (χ3v) is 5.08. The quantitative estimate of drug-likeness (QED) is 0.814. The van der Waals surface area contributed by atoms with Crippen molar-refractivity contribution in [3.05, 3.63) is 22.0 Å². The summed E-state index contributed by atoms with van der Waals surface area (Å²) < 4.78 is 1.78. The second-order valence-electron chi connectivity index (χ2n) is 5.36. The second kappa shape index (κ2) is 5.44. The lowest BCUT2D eigenvalue weighted by Gasteiger charge is -2.21. The summed E-state index contributed by atoms with van der Waals surface area (Å²) >= 11 is 1.60. The molecule has 1 fully saturated rings. The van der Waals surface area contributed by atoms with E-state index in [1.165, 1.54) is 24.1 Å². The van der Waals surface area contributed by atoms with Gasteiger partial charge in [-0.2, -0.15) is 4.68 Å².